The van der Waals surface area contributed by atoms with Crippen molar-refractivity contribution in [3.8, 4) is 23.1 Å². The highest BCUT2D eigenvalue weighted by Crippen LogP contribution is 2.59. The number of nitrogens with one attached hydrogen (secondary N) is 3. The summed E-state index contributed by atoms with van der Waals surface area (Å²) in [4.78, 5) is 60.9. The smallest absolute Gasteiger partial charge is 0.407 e. The molecule has 9 rings (SSSR count). The Morgan fingerprint density at radius 2 is 1.42 bits per heavy atom. The highest BCUT2D eigenvalue weighted by molar-refractivity contribution is 5.87. The van der Waals surface area contributed by atoms with Crippen LogP contribution in [-0.2, 0) is 14.3 Å². The summed E-state index contributed by atoms with van der Waals surface area (Å²) in [6.07, 6.45) is 7.53. The Kier molecular flexibility index (Phi) is 9.85. The van der Waals surface area contributed by atoms with Crippen LogP contribution in [-0.4, -0.2) is 73.9 Å². The van der Waals surface area contributed by atoms with E-state index in [0.717, 1.165) is 77.3 Å². The van der Waals surface area contributed by atoms with Crippen molar-refractivity contribution in [2.24, 2.45) is 22.7 Å². The van der Waals surface area contributed by atoms with Crippen LogP contribution < -0.4 is 5.32 Å². The molecule has 3 N–H and O–H groups in total. The monoisotopic (exact) mass is 791 g/mol. The van der Waals surface area contributed by atoms with Crippen LogP contribution in [0.2, 0.25) is 0 Å². The molecule has 2 aliphatic heterocycles. The minimum Gasteiger partial charge on any atom is -0.453 e. The van der Waals surface area contributed by atoms with Crippen LogP contribution in [0.25, 0.3) is 22.3 Å². The Balaban J connectivity index is 0.882. The summed E-state index contributed by atoms with van der Waals surface area (Å²) in [5, 5.41) is 2.75. The lowest BCUT2D eigenvalue weighted by Crippen LogP contribution is -2.51. The number of carbonyl (C=O) groups excluding carboxylic acids is 3. The first-order chi connectivity index (χ1) is 28.4. The van der Waals surface area contributed by atoms with Gasteiger partial charge in [0.15, 0.2) is 0 Å². The number of alkyl carbamates (subject to hydrolysis) is 1. The molecule has 2 saturated heterocycles. The lowest BCUT2D eigenvalue weighted by Gasteiger charge is -2.30. The van der Waals surface area contributed by atoms with Crippen molar-refractivity contribution in [3.63, 3.8) is 0 Å². The molecule has 11 heteroatoms. The zero-order chi connectivity index (χ0) is 41.1. The normalized spacial score (nSPS) is 21.3. The van der Waals surface area contributed by atoms with Crippen molar-refractivity contribution in [3.05, 3.63) is 107 Å². The van der Waals surface area contributed by atoms with E-state index in [1.54, 1.807) is 0 Å². The second-order valence-electron chi connectivity index (χ2n) is 18.1. The molecule has 2 aromatic heterocycles. The van der Waals surface area contributed by atoms with E-state index in [1.165, 1.54) is 25.5 Å². The first-order valence-electron chi connectivity index (χ1n) is 21.1. The molecule has 3 amide bonds. The maximum atomic E-state index is 14.1. The molecular formula is C48H53N7O4. The second-order valence-corrected chi connectivity index (χ2v) is 18.1. The molecule has 3 aromatic carbocycles. The van der Waals surface area contributed by atoms with Gasteiger partial charge in [0.1, 0.15) is 17.7 Å². The van der Waals surface area contributed by atoms with Gasteiger partial charge in [-0.15, -0.1) is 0 Å². The Morgan fingerprint density at radius 3 is 2.07 bits per heavy atom. The molecular weight excluding hydrogens is 739 g/mol. The molecule has 4 fully saturated rings. The minimum absolute atomic E-state index is 0.0659. The summed E-state index contributed by atoms with van der Waals surface area (Å²) in [5.74, 6) is 8.24. The number of nitrogens with zero attached hydrogens (tertiary/aromatic N) is 4. The summed E-state index contributed by atoms with van der Waals surface area (Å²) in [6.45, 7) is 9.53. The largest absolute Gasteiger partial charge is 0.453 e. The first-order valence-corrected chi connectivity index (χ1v) is 21.1. The van der Waals surface area contributed by atoms with Gasteiger partial charge < -0.3 is 29.8 Å². The molecule has 59 heavy (non-hydrogen) atoms. The summed E-state index contributed by atoms with van der Waals surface area (Å²) >= 11 is 0. The topological polar surface area (TPSA) is 136 Å². The number of rotatable bonds is 9. The average molecular weight is 792 g/mol. The van der Waals surface area contributed by atoms with Gasteiger partial charge in [-0.25, -0.2) is 14.8 Å². The number of ether oxygens (including phenoxy) is 1. The van der Waals surface area contributed by atoms with Gasteiger partial charge in [0.2, 0.25) is 11.8 Å². The summed E-state index contributed by atoms with van der Waals surface area (Å²) in [7, 11) is 1.31. The number of fused-ring (bicyclic) bond motifs is 1. The predicted molar refractivity (Wildman–Crippen MR) is 226 cm³/mol. The van der Waals surface area contributed by atoms with E-state index in [-0.39, 0.29) is 52.5 Å². The van der Waals surface area contributed by atoms with Crippen LogP contribution in [0.4, 0.5) is 4.79 Å². The molecule has 0 bridgehead atoms. The highest BCUT2D eigenvalue weighted by Gasteiger charge is 2.56. The van der Waals surface area contributed by atoms with Crippen molar-refractivity contribution in [1.29, 1.82) is 0 Å². The van der Waals surface area contributed by atoms with Gasteiger partial charge in [-0.3, -0.25) is 9.59 Å². The van der Waals surface area contributed by atoms with E-state index in [2.05, 4.69) is 58.0 Å². The van der Waals surface area contributed by atoms with Gasteiger partial charge in [0.05, 0.1) is 42.1 Å². The van der Waals surface area contributed by atoms with Crippen molar-refractivity contribution < 1.29 is 19.1 Å². The maximum absolute atomic E-state index is 14.1. The average Bonchev–Trinajstić information content (AvgIpc) is 3.87. The van der Waals surface area contributed by atoms with Crippen molar-refractivity contribution in [2.45, 2.75) is 90.3 Å². The zero-order valence-electron chi connectivity index (χ0n) is 34.5. The number of methoxy groups -OCH3 is 1. The Labute approximate surface area is 345 Å². The van der Waals surface area contributed by atoms with Crippen LogP contribution >= 0.6 is 0 Å². The quantitative estimate of drug-likeness (QED) is 0.129. The van der Waals surface area contributed by atoms with E-state index in [0.29, 0.717) is 6.54 Å². The third-order valence-corrected chi connectivity index (χ3v) is 13.6. The van der Waals surface area contributed by atoms with Crippen LogP contribution in [0.1, 0.15) is 113 Å². The molecule has 2 saturated carbocycles. The lowest BCUT2D eigenvalue weighted by molar-refractivity contribution is -0.137. The fourth-order valence-electron chi connectivity index (χ4n) is 9.34. The van der Waals surface area contributed by atoms with E-state index < -0.39 is 12.1 Å². The predicted octanol–water partition coefficient (Wildman–Crippen LogP) is 8.28. The van der Waals surface area contributed by atoms with Gasteiger partial charge in [-0.1, -0.05) is 82.0 Å². The molecule has 4 heterocycles. The standard InChI is InChI=1S/C48H53N7O4/c1-29(2)41(53-46(58)59-5)45(57)55-28-47(19-20-47)24-39(55)42-49-26-38(52-42)35-16-13-32(14-17-35)11-12-33-15-18-36-37(23-33)51-43(50-36)40-25-48(21-22-48)27-54(40)44(56)31(4)30(3)34-9-7-6-8-10-34/h6-10,13-18,23,26,29-31,39-41H,19-22,24-25,27-28H2,1-5H3,(H,49,52)(H,50,51)(H,53,58)/t30-,31+,39+,40+,41+/m1/s1. The van der Waals surface area contributed by atoms with Gasteiger partial charge in [-0.2, -0.15) is 0 Å². The Bertz CT molecular complexity index is 2450. The highest BCUT2D eigenvalue weighted by atomic mass is 16.5. The van der Waals surface area contributed by atoms with Crippen molar-refractivity contribution in [1.82, 2.24) is 35.1 Å². The van der Waals surface area contributed by atoms with Crippen molar-refractivity contribution in [2.75, 3.05) is 20.2 Å². The zero-order valence-corrected chi connectivity index (χ0v) is 34.5. The molecule has 0 unspecified atom stereocenters. The number of hydrogen-bond acceptors (Lipinski definition) is 6. The van der Waals surface area contributed by atoms with Crippen LogP contribution in [0.5, 0.6) is 0 Å². The number of benzene rings is 3. The Morgan fingerprint density at radius 1 is 0.797 bits per heavy atom. The summed E-state index contributed by atoms with van der Waals surface area (Å²) in [5.41, 5.74) is 6.93. The van der Waals surface area contributed by atoms with E-state index >= 15 is 0 Å². The fraction of sp³-hybridized carbons (Fsp3) is 0.438. The number of likely N-dealkylation sites (tertiary alicyclic amines) is 2. The third-order valence-electron chi connectivity index (χ3n) is 13.6. The number of H-pyrrole nitrogens is 2. The van der Waals surface area contributed by atoms with Gasteiger partial charge in [0, 0.05) is 30.1 Å². The van der Waals surface area contributed by atoms with E-state index in [9.17, 15) is 14.4 Å². The molecule has 2 spiro atoms. The molecule has 304 valence electrons. The van der Waals surface area contributed by atoms with Gasteiger partial charge >= 0.3 is 6.09 Å². The number of aromatic amines is 2. The second kappa shape index (κ2) is 15.0. The number of amides is 3. The van der Waals surface area contributed by atoms with Gasteiger partial charge in [-0.05, 0) is 103 Å². The molecule has 5 aromatic rings. The van der Waals surface area contributed by atoms with Gasteiger partial charge in [0.25, 0.3) is 0 Å². The Hall–Kier alpha value is -5.89. The lowest BCUT2D eigenvalue weighted by atomic mass is 9.88. The minimum atomic E-state index is -0.681. The van der Waals surface area contributed by atoms with Crippen LogP contribution in [0.3, 0.4) is 0 Å². The molecule has 0 radical (unpaired) electrons. The van der Waals surface area contributed by atoms with Crippen LogP contribution in [0, 0.1) is 34.5 Å². The molecule has 11 nitrogen and oxygen atoms in total. The van der Waals surface area contributed by atoms with Crippen molar-refractivity contribution >= 4 is 28.9 Å². The number of hydrogen-bond donors (Lipinski definition) is 3. The fourth-order valence-corrected chi connectivity index (χ4v) is 9.34. The first kappa shape index (κ1) is 38.6. The molecule has 5 atom stereocenters. The summed E-state index contributed by atoms with van der Waals surface area (Å²) in [6, 6.07) is 23.5. The van der Waals surface area contributed by atoms with Crippen LogP contribution in [0.15, 0.2) is 79.0 Å². The maximum Gasteiger partial charge on any atom is 0.407 e. The summed E-state index contributed by atoms with van der Waals surface area (Å²) < 4.78 is 4.81. The number of imidazole rings is 2. The SMILES string of the molecule is COC(=O)N[C@H](C(=O)N1CC2(CC2)C[C@H]1c1ncc(-c2ccc(C#Cc3ccc4nc([C@@H]5CC6(CC6)CN5C(=O)[C@@H](C)[C@@H](C)c5ccccc5)[nH]c4c3)cc2)[nH]1)C(C)C. The number of carbonyl (C=O) groups is 3. The number of aromatic nitrogens is 4. The third kappa shape index (κ3) is 7.61. The van der Waals surface area contributed by atoms with E-state index in [4.69, 9.17) is 14.7 Å². The van der Waals surface area contributed by atoms with E-state index in [1.807, 2.05) is 85.6 Å². The molecule has 4 aliphatic rings. The molecule has 2 aliphatic carbocycles.